The zero-order valence-corrected chi connectivity index (χ0v) is 13.0. The number of phenolic OH excluding ortho intramolecular Hbond substituents is 1. The predicted octanol–water partition coefficient (Wildman–Crippen LogP) is 3.47. The lowest BCUT2D eigenvalue weighted by Gasteiger charge is -2.04. The Labute approximate surface area is 137 Å². The number of rotatable bonds is 4. The minimum atomic E-state index is -0.481. The van der Waals surface area contributed by atoms with Crippen LogP contribution < -0.4 is 10.2 Å². The number of phenols is 1. The number of nitrogens with one attached hydrogen (secondary N) is 1. The van der Waals surface area contributed by atoms with Gasteiger partial charge in [-0.25, -0.2) is 5.43 Å². The fourth-order valence-corrected chi connectivity index (χ4v) is 2.15. The van der Waals surface area contributed by atoms with Gasteiger partial charge in [0.1, 0.15) is 11.5 Å². The van der Waals surface area contributed by atoms with Crippen LogP contribution in [0.3, 0.4) is 0 Å². The summed E-state index contributed by atoms with van der Waals surface area (Å²) in [5.74, 6) is 0.0272. The number of methoxy groups -OCH3 is 1. The summed E-state index contributed by atoms with van der Waals surface area (Å²) in [6.07, 6.45) is 1.32. The molecule has 0 radical (unpaired) electrons. The summed E-state index contributed by atoms with van der Waals surface area (Å²) in [6, 6.07) is 9.25. The highest BCUT2D eigenvalue weighted by Gasteiger charge is 2.09. The van der Waals surface area contributed by atoms with E-state index < -0.39 is 5.91 Å². The van der Waals surface area contributed by atoms with Crippen LogP contribution in [0, 0.1) is 0 Å². The Bertz CT molecular complexity index is 733. The molecule has 0 aliphatic carbocycles. The van der Waals surface area contributed by atoms with Crippen molar-refractivity contribution in [3.63, 3.8) is 0 Å². The van der Waals surface area contributed by atoms with Crippen molar-refractivity contribution in [1.29, 1.82) is 0 Å². The molecule has 0 aliphatic heterocycles. The lowest BCUT2D eigenvalue weighted by molar-refractivity contribution is 0.0955. The number of aromatic hydroxyl groups is 1. The average Bonchev–Trinajstić information content (AvgIpc) is 2.48. The number of hydrazone groups is 1. The fraction of sp³-hybridized carbons (Fsp3) is 0.0667. The maximum atomic E-state index is 11.9. The van der Waals surface area contributed by atoms with Crippen LogP contribution in [-0.4, -0.2) is 24.3 Å². The minimum Gasteiger partial charge on any atom is -0.507 e. The van der Waals surface area contributed by atoms with E-state index in [-0.39, 0.29) is 16.3 Å². The first-order valence-electron chi connectivity index (χ1n) is 6.16. The first-order valence-corrected chi connectivity index (χ1v) is 6.92. The van der Waals surface area contributed by atoms with Crippen LogP contribution in [0.4, 0.5) is 0 Å². The van der Waals surface area contributed by atoms with Gasteiger partial charge in [0.25, 0.3) is 5.91 Å². The van der Waals surface area contributed by atoms with E-state index in [1.807, 2.05) is 0 Å². The summed E-state index contributed by atoms with van der Waals surface area (Å²) in [5, 5.41) is 14.2. The number of hydrogen-bond acceptors (Lipinski definition) is 4. The highest BCUT2D eigenvalue weighted by atomic mass is 35.5. The van der Waals surface area contributed by atoms with E-state index in [1.54, 1.807) is 18.2 Å². The lowest BCUT2D eigenvalue weighted by atomic mass is 10.2. The van der Waals surface area contributed by atoms with Gasteiger partial charge in [-0.3, -0.25) is 4.79 Å². The second-order valence-corrected chi connectivity index (χ2v) is 5.09. The number of halogens is 2. The number of nitrogens with zero attached hydrogens (tertiary/aromatic N) is 1. The zero-order chi connectivity index (χ0) is 16.1. The SMILES string of the molecule is COc1ccc(C=NNC(=O)c2ccc(Cl)cc2Cl)c(O)c1. The van der Waals surface area contributed by atoms with E-state index in [4.69, 9.17) is 27.9 Å². The maximum Gasteiger partial charge on any atom is 0.272 e. The van der Waals surface area contributed by atoms with Crippen LogP contribution in [0.25, 0.3) is 0 Å². The number of carbonyl (C=O) groups excluding carboxylic acids is 1. The first-order chi connectivity index (χ1) is 10.5. The first kappa shape index (κ1) is 16.1. The summed E-state index contributed by atoms with van der Waals surface area (Å²) in [7, 11) is 1.50. The highest BCUT2D eigenvalue weighted by molar-refractivity contribution is 6.36. The number of benzene rings is 2. The van der Waals surface area contributed by atoms with Crippen molar-refractivity contribution in [3.05, 3.63) is 57.6 Å². The van der Waals surface area contributed by atoms with E-state index in [9.17, 15) is 9.90 Å². The van der Waals surface area contributed by atoms with E-state index in [0.717, 1.165) is 0 Å². The van der Waals surface area contributed by atoms with Gasteiger partial charge in [0.05, 0.1) is 23.9 Å². The fourth-order valence-electron chi connectivity index (χ4n) is 1.65. The van der Waals surface area contributed by atoms with Gasteiger partial charge in [-0.05, 0) is 30.3 Å². The van der Waals surface area contributed by atoms with Crippen molar-refractivity contribution in [2.75, 3.05) is 7.11 Å². The molecule has 0 unspecified atom stereocenters. The molecular weight excluding hydrogens is 327 g/mol. The molecule has 2 N–H and O–H groups in total. The van der Waals surface area contributed by atoms with Gasteiger partial charge < -0.3 is 9.84 Å². The summed E-state index contributed by atoms with van der Waals surface area (Å²) in [6.45, 7) is 0. The Morgan fingerprint density at radius 2 is 2.05 bits per heavy atom. The van der Waals surface area contributed by atoms with Gasteiger partial charge in [0, 0.05) is 16.7 Å². The smallest absolute Gasteiger partial charge is 0.272 e. The molecular formula is C15H12Cl2N2O3. The molecule has 0 aromatic heterocycles. The van der Waals surface area contributed by atoms with Crippen LogP contribution in [0.1, 0.15) is 15.9 Å². The maximum absolute atomic E-state index is 11.9. The van der Waals surface area contributed by atoms with Gasteiger partial charge in [-0.15, -0.1) is 0 Å². The molecule has 2 rings (SSSR count). The van der Waals surface area contributed by atoms with Crippen LogP contribution in [0.15, 0.2) is 41.5 Å². The Balaban J connectivity index is 2.07. The second kappa shape index (κ2) is 7.15. The molecule has 5 nitrogen and oxygen atoms in total. The summed E-state index contributed by atoms with van der Waals surface area (Å²) >= 11 is 11.7. The average molecular weight is 339 g/mol. The van der Waals surface area contributed by atoms with Crippen LogP contribution in [-0.2, 0) is 0 Å². The van der Waals surface area contributed by atoms with Crippen LogP contribution in [0.5, 0.6) is 11.5 Å². The molecule has 0 bridgehead atoms. The third kappa shape index (κ3) is 3.90. The molecule has 0 spiro atoms. The molecule has 22 heavy (non-hydrogen) atoms. The third-order valence-electron chi connectivity index (χ3n) is 2.78. The molecule has 2 aromatic carbocycles. The van der Waals surface area contributed by atoms with Crippen molar-refractivity contribution < 1.29 is 14.6 Å². The van der Waals surface area contributed by atoms with Crippen LogP contribution in [0.2, 0.25) is 10.0 Å². The Kier molecular flexibility index (Phi) is 5.25. The Morgan fingerprint density at radius 3 is 2.68 bits per heavy atom. The normalized spacial score (nSPS) is 10.7. The van der Waals surface area contributed by atoms with Crippen molar-refractivity contribution in [1.82, 2.24) is 5.43 Å². The molecule has 0 saturated carbocycles. The van der Waals surface area contributed by atoms with Gasteiger partial charge >= 0.3 is 0 Å². The predicted molar refractivity (Wildman–Crippen MR) is 86.2 cm³/mol. The highest BCUT2D eigenvalue weighted by Crippen LogP contribution is 2.22. The Morgan fingerprint density at radius 1 is 1.27 bits per heavy atom. The van der Waals surface area contributed by atoms with E-state index in [0.29, 0.717) is 16.3 Å². The largest absolute Gasteiger partial charge is 0.507 e. The standard InChI is InChI=1S/C15H12Cl2N2O3/c1-22-11-4-2-9(14(20)7-11)8-18-19-15(21)12-5-3-10(16)6-13(12)17/h2-8,20H,1H3,(H,19,21). The second-order valence-electron chi connectivity index (χ2n) is 4.25. The number of ether oxygens (including phenoxy) is 1. The third-order valence-corrected chi connectivity index (χ3v) is 3.33. The molecule has 7 heteroatoms. The van der Waals surface area contributed by atoms with Gasteiger partial charge in [0.15, 0.2) is 0 Å². The molecule has 0 aliphatic rings. The minimum absolute atomic E-state index is 0.0122. The topological polar surface area (TPSA) is 70.9 Å². The van der Waals surface area contributed by atoms with Gasteiger partial charge in [0.2, 0.25) is 0 Å². The quantitative estimate of drug-likeness (QED) is 0.662. The molecule has 0 saturated heterocycles. The molecule has 0 fully saturated rings. The number of hydrogen-bond donors (Lipinski definition) is 2. The molecule has 0 heterocycles. The van der Waals surface area contributed by atoms with Crippen molar-refractivity contribution >= 4 is 35.3 Å². The van der Waals surface area contributed by atoms with Gasteiger partial charge in [-0.2, -0.15) is 5.10 Å². The van der Waals surface area contributed by atoms with E-state index >= 15 is 0 Å². The van der Waals surface area contributed by atoms with Crippen molar-refractivity contribution in [3.8, 4) is 11.5 Å². The molecule has 1 amide bonds. The van der Waals surface area contributed by atoms with Crippen molar-refractivity contribution in [2.45, 2.75) is 0 Å². The monoisotopic (exact) mass is 338 g/mol. The molecule has 2 aromatic rings. The lowest BCUT2D eigenvalue weighted by Crippen LogP contribution is -2.18. The molecule has 114 valence electrons. The van der Waals surface area contributed by atoms with Gasteiger partial charge in [-0.1, -0.05) is 23.2 Å². The van der Waals surface area contributed by atoms with Crippen LogP contribution >= 0.6 is 23.2 Å². The number of carbonyl (C=O) groups is 1. The zero-order valence-electron chi connectivity index (χ0n) is 11.5. The Hall–Kier alpha value is -2.24. The summed E-state index contributed by atoms with van der Waals surface area (Å²) in [5.41, 5.74) is 3.01. The van der Waals surface area contributed by atoms with E-state index in [1.165, 1.54) is 31.5 Å². The summed E-state index contributed by atoms with van der Waals surface area (Å²) < 4.78 is 4.97. The molecule has 0 atom stereocenters. The van der Waals surface area contributed by atoms with Crippen molar-refractivity contribution in [2.24, 2.45) is 5.10 Å². The van der Waals surface area contributed by atoms with E-state index in [2.05, 4.69) is 10.5 Å². The number of amides is 1. The summed E-state index contributed by atoms with van der Waals surface area (Å²) in [4.78, 5) is 11.9.